The highest BCUT2D eigenvalue weighted by atomic mass is 32.2. The Labute approximate surface area is 196 Å². The first-order valence-electron chi connectivity index (χ1n) is 10.5. The molecule has 3 rings (SSSR count). The van der Waals surface area contributed by atoms with E-state index in [0.717, 1.165) is 0 Å². The van der Waals surface area contributed by atoms with Crippen LogP contribution in [-0.2, 0) is 11.3 Å². The van der Waals surface area contributed by atoms with E-state index in [9.17, 15) is 14.0 Å². The van der Waals surface area contributed by atoms with Gasteiger partial charge in [-0.05, 0) is 36.2 Å². The Bertz CT molecular complexity index is 1120. The van der Waals surface area contributed by atoms with Crippen LogP contribution in [0.15, 0.2) is 72.4 Å². The molecule has 33 heavy (non-hydrogen) atoms. The SMILES string of the molecule is C=CCn1c(SCC(=O)Nc2cccc(F)c2)nnc1[C@H](NC(=O)c1ccccc1)C(C)C. The van der Waals surface area contributed by atoms with E-state index >= 15 is 0 Å². The lowest BCUT2D eigenvalue weighted by Crippen LogP contribution is -2.33. The monoisotopic (exact) mass is 467 g/mol. The van der Waals surface area contributed by atoms with E-state index in [2.05, 4.69) is 27.4 Å². The van der Waals surface area contributed by atoms with Gasteiger partial charge in [-0.25, -0.2) is 4.39 Å². The van der Waals surface area contributed by atoms with Crippen LogP contribution in [0.3, 0.4) is 0 Å². The maximum absolute atomic E-state index is 13.3. The van der Waals surface area contributed by atoms with Crippen LogP contribution in [0.1, 0.15) is 36.1 Å². The van der Waals surface area contributed by atoms with E-state index in [4.69, 9.17) is 0 Å². The van der Waals surface area contributed by atoms with Crippen LogP contribution in [0.4, 0.5) is 10.1 Å². The second-order valence-corrected chi connectivity index (χ2v) is 8.59. The Balaban J connectivity index is 1.74. The van der Waals surface area contributed by atoms with E-state index < -0.39 is 5.82 Å². The number of hydrogen-bond donors (Lipinski definition) is 2. The molecule has 0 radical (unpaired) electrons. The van der Waals surface area contributed by atoms with Gasteiger partial charge in [-0.15, -0.1) is 16.8 Å². The third-order valence-corrected chi connectivity index (χ3v) is 5.73. The number of nitrogens with one attached hydrogen (secondary N) is 2. The molecule has 7 nitrogen and oxygen atoms in total. The number of aromatic nitrogens is 3. The molecular formula is C24H26FN5O2S. The van der Waals surface area contributed by atoms with Gasteiger partial charge >= 0.3 is 0 Å². The average Bonchev–Trinajstić information content (AvgIpc) is 3.18. The van der Waals surface area contributed by atoms with Gasteiger partial charge in [-0.2, -0.15) is 0 Å². The van der Waals surface area contributed by atoms with E-state index in [1.165, 1.54) is 30.0 Å². The Morgan fingerprint density at radius 2 is 1.91 bits per heavy atom. The summed E-state index contributed by atoms with van der Waals surface area (Å²) in [5.41, 5.74) is 0.943. The average molecular weight is 468 g/mol. The highest BCUT2D eigenvalue weighted by Crippen LogP contribution is 2.26. The lowest BCUT2D eigenvalue weighted by atomic mass is 10.0. The molecule has 2 N–H and O–H groups in total. The minimum Gasteiger partial charge on any atom is -0.342 e. The summed E-state index contributed by atoms with van der Waals surface area (Å²) in [5.74, 6) is -0.229. The molecule has 0 saturated heterocycles. The van der Waals surface area contributed by atoms with Crippen LogP contribution in [0.25, 0.3) is 0 Å². The summed E-state index contributed by atoms with van der Waals surface area (Å²) in [7, 11) is 0. The zero-order valence-corrected chi connectivity index (χ0v) is 19.3. The van der Waals surface area contributed by atoms with Crippen molar-refractivity contribution in [3.8, 4) is 0 Å². The summed E-state index contributed by atoms with van der Waals surface area (Å²) in [6.07, 6.45) is 1.71. The van der Waals surface area contributed by atoms with Crippen molar-refractivity contribution in [2.45, 2.75) is 31.6 Å². The van der Waals surface area contributed by atoms with E-state index in [-0.39, 0.29) is 29.5 Å². The number of carbonyl (C=O) groups excluding carboxylic acids is 2. The molecule has 0 fully saturated rings. The topological polar surface area (TPSA) is 88.9 Å². The summed E-state index contributed by atoms with van der Waals surface area (Å²) in [4.78, 5) is 25.1. The summed E-state index contributed by atoms with van der Waals surface area (Å²) in [6.45, 7) is 8.20. The number of amides is 2. The molecule has 2 amide bonds. The smallest absolute Gasteiger partial charge is 0.251 e. The van der Waals surface area contributed by atoms with Crippen LogP contribution in [0.5, 0.6) is 0 Å². The van der Waals surface area contributed by atoms with Crippen LogP contribution in [0, 0.1) is 11.7 Å². The van der Waals surface area contributed by atoms with Crippen molar-refractivity contribution in [2.24, 2.45) is 5.92 Å². The van der Waals surface area contributed by atoms with E-state index in [1.54, 1.807) is 24.3 Å². The second kappa shape index (κ2) is 11.4. The maximum Gasteiger partial charge on any atom is 0.251 e. The molecule has 1 atom stereocenters. The van der Waals surface area contributed by atoms with Crippen molar-refractivity contribution in [3.05, 3.63) is 84.5 Å². The fraction of sp³-hybridized carbons (Fsp3) is 0.250. The molecule has 0 saturated carbocycles. The molecule has 0 aliphatic rings. The first-order valence-corrected chi connectivity index (χ1v) is 11.5. The molecule has 2 aromatic carbocycles. The number of allylic oxidation sites excluding steroid dienone is 1. The lowest BCUT2D eigenvalue weighted by Gasteiger charge is -2.22. The molecule has 0 bridgehead atoms. The number of hydrogen-bond acceptors (Lipinski definition) is 5. The first kappa shape index (κ1) is 24.2. The molecular weight excluding hydrogens is 441 g/mol. The zero-order chi connectivity index (χ0) is 23.8. The van der Waals surface area contributed by atoms with Gasteiger partial charge in [0.05, 0.1) is 11.8 Å². The second-order valence-electron chi connectivity index (χ2n) is 7.65. The summed E-state index contributed by atoms with van der Waals surface area (Å²) < 4.78 is 15.2. The quantitative estimate of drug-likeness (QED) is 0.339. The predicted molar refractivity (Wildman–Crippen MR) is 127 cm³/mol. The van der Waals surface area contributed by atoms with Crippen molar-refractivity contribution in [3.63, 3.8) is 0 Å². The summed E-state index contributed by atoms with van der Waals surface area (Å²) >= 11 is 1.21. The fourth-order valence-corrected chi connectivity index (χ4v) is 3.93. The van der Waals surface area contributed by atoms with Crippen molar-refractivity contribution in [1.82, 2.24) is 20.1 Å². The minimum absolute atomic E-state index is 0.0413. The zero-order valence-electron chi connectivity index (χ0n) is 18.5. The van der Waals surface area contributed by atoms with Gasteiger partial charge in [-0.1, -0.05) is 56.0 Å². The highest BCUT2D eigenvalue weighted by molar-refractivity contribution is 7.99. The number of nitrogens with zero attached hydrogens (tertiary/aromatic N) is 3. The molecule has 1 aromatic heterocycles. The standard InChI is InChI=1S/C24H26FN5O2S/c1-4-13-30-22(21(16(2)3)27-23(32)17-9-6-5-7-10-17)28-29-24(30)33-15-20(31)26-19-12-8-11-18(25)14-19/h4-12,14,16,21H,1,13,15H2,2-3H3,(H,26,31)(H,27,32)/t21-/m1/s1. The third kappa shape index (κ3) is 6.52. The van der Waals surface area contributed by atoms with E-state index in [0.29, 0.717) is 28.8 Å². The number of rotatable bonds is 10. The summed E-state index contributed by atoms with van der Waals surface area (Å²) in [6, 6.07) is 14.3. The van der Waals surface area contributed by atoms with Gasteiger partial charge in [0.25, 0.3) is 5.91 Å². The van der Waals surface area contributed by atoms with Crippen molar-refractivity contribution in [2.75, 3.05) is 11.1 Å². The van der Waals surface area contributed by atoms with Gasteiger partial charge in [0.1, 0.15) is 5.82 Å². The Kier molecular flexibility index (Phi) is 8.37. The van der Waals surface area contributed by atoms with Gasteiger partial charge in [0.2, 0.25) is 5.91 Å². The molecule has 0 unspecified atom stereocenters. The fourth-order valence-electron chi connectivity index (χ4n) is 3.17. The van der Waals surface area contributed by atoms with Crippen LogP contribution < -0.4 is 10.6 Å². The molecule has 172 valence electrons. The number of benzene rings is 2. The number of anilines is 1. The highest BCUT2D eigenvalue weighted by Gasteiger charge is 2.26. The molecule has 9 heteroatoms. The van der Waals surface area contributed by atoms with Crippen LogP contribution in [0.2, 0.25) is 0 Å². The maximum atomic E-state index is 13.3. The Hall–Kier alpha value is -3.46. The lowest BCUT2D eigenvalue weighted by molar-refractivity contribution is -0.113. The Morgan fingerprint density at radius 1 is 1.15 bits per heavy atom. The van der Waals surface area contributed by atoms with Crippen molar-refractivity contribution >= 4 is 29.3 Å². The largest absolute Gasteiger partial charge is 0.342 e. The molecule has 0 spiro atoms. The van der Waals surface area contributed by atoms with Crippen molar-refractivity contribution < 1.29 is 14.0 Å². The first-order chi connectivity index (χ1) is 15.9. The van der Waals surface area contributed by atoms with Gasteiger partial charge in [0, 0.05) is 17.8 Å². The Morgan fingerprint density at radius 3 is 2.58 bits per heavy atom. The number of carbonyl (C=O) groups is 2. The van der Waals surface area contributed by atoms with Gasteiger partial charge in [-0.3, -0.25) is 9.59 Å². The van der Waals surface area contributed by atoms with Crippen LogP contribution in [-0.4, -0.2) is 32.3 Å². The normalized spacial score (nSPS) is 11.8. The number of thioether (sulfide) groups is 1. The number of halogens is 1. The third-order valence-electron chi connectivity index (χ3n) is 4.77. The molecule has 0 aliphatic heterocycles. The van der Waals surface area contributed by atoms with Crippen molar-refractivity contribution in [1.29, 1.82) is 0 Å². The van der Waals surface area contributed by atoms with E-state index in [1.807, 2.05) is 36.6 Å². The van der Waals surface area contributed by atoms with Gasteiger partial charge < -0.3 is 15.2 Å². The molecule has 3 aromatic rings. The van der Waals surface area contributed by atoms with Crippen LogP contribution >= 0.6 is 11.8 Å². The predicted octanol–water partition coefficient (Wildman–Crippen LogP) is 4.46. The summed E-state index contributed by atoms with van der Waals surface area (Å²) in [5, 5.41) is 14.8. The minimum atomic E-state index is -0.423. The molecule has 0 aliphatic carbocycles. The molecule has 1 heterocycles. The van der Waals surface area contributed by atoms with Gasteiger partial charge in [0.15, 0.2) is 11.0 Å².